The van der Waals surface area contributed by atoms with E-state index in [1.165, 1.54) is 19.3 Å². The van der Waals surface area contributed by atoms with E-state index < -0.39 is 0 Å². The van der Waals surface area contributed by atoms with E-state index in [4.69, 9.17) is 4.74 Å². The molecular weight excluding hydrogens is 240 g/mol. The summed E-state index contributed by atoms with van der Waals surface area (Å²) in [6, 6.07) is -0.199. The summed E-state index contributed by atoms with van der Waals surface area (Å²) < 4.78 is 5.10. The van der Waals surface area contributed by atoms with Crippen molar-refractivity contribution in [1.29, 1.82) is 0 Å². The Balaban J connectivity index is 2.45. The molecule has 1 heterocycles. The van der Waals surface area contributed by atoms with Crippen molar-refractivity contribution in [2.45, 2.75) is 46.1 Å². The van der Waals surface area contributed by atoms with Gasteiger partial charge in [0.25, 0.3) is 0 Å². The molecule has 0 radical (unpaired) electrons. The van der Waals surface area contributed by atoms with Crippen LogP contribution < -0.4 is 5.32 Å². The lowest BCUT2D eigenvalue weighted by molar-refractivity contribution is -0.146. The lowest BCUT2D eigenvalue weighted by Crippen LogP contribution is -2.45. The molecule has 1 rings (SSSR count). The van der Waals surface area contributed by atoms with Crippen LogP contribution in [0.25, 0.3) is 0 Å². The summed E-state index contributed by atoms with van der Waals surface area (Å²) in [6.45, 7) is 9.89. The van der Waals surface area contributed by atoms with Crippen LogP contribution in [0.1, 0.15) is 40.0 Å². The number of hydrogen-bond acceptors (Lipinski definition) is 4. The van der Waals surface area contributed by atoms with E-state index in [1.807, 2.05) is 14.0 Å². The van der Waals surface area contributed by atoms with Gasteiger partial charge < -0.3 is 15.0 Å². The Morgan fingerprint density at radius 2 is 2.11 bits per heavy atom. The van der Waals surface area contributed by atoms with Gasteiger partial charge in [0.05, 0.1) is 6.61 Å². The number of likely N-dealkylation sites (tertiary alicyclic amines) is 1. The van der Waals surface area contributed by atoms with Crippen LogP contribution in [0.2, 0.25) is 0 Å². The second-order valence-electron chi connectivity index (χ2n) is 5.83. The van der Waals surface area contributed by atoms with Crippen LogP contribution in [0.15, 0.2) is 0 Å². The molecule has 19 heavy (non-hydrogen) atoms. The third kappa shape index (κ3) is 5.49. The topological polar surface area (TPSA) is 41.6 Å². The lowest BCUT2D eigenvalue weighted by Gasteiger charge is -2.25. The summed E-state index contributed by atoms with van der Waals surface area (Å²) in [5.41, 5.74) is 0. The summed E-state index contributed by atoms with van der Waals surface area (Å²) in [4.78, 5) is 14.2. The largest absolute Gasteiger partial charge is 0.465 e. The molecule has 0 aromatic heterocycles. The highest BCUT2D eigenvalue weighted by Crippen LogP contribution is 2.24. The smallest absolute Gasteiger partial charge is 0.324 e. The van der Waals surface area contributed by atoms with E-state index in [1.54, 1.807) is 0 Å². The van der Waals surface area contributed by atoms with E-state index in [-0.39, 0.29) is 12.0 Å². The Kier molecular flexibility index (Phi) is 7.39. The first-order valence-corrected chi connectivity index (χ1v) is 7.64. The van der Waals surface area contributed by atoms with E-state index in [0.717, 1.165) is 31.5 Å². The molecule has 4 nitrogen and oxygen atoms in total. The molecule has 1 saturated heterocycles. The molecule has 0 bridgehead atoms. The standard InChI is InChI=1S/C15H30N2O2/c1-5-19-15(18)14(16-4)11-17-9-6-7-13(8-10-17)12(2)3/h12-14,16H,5-11H2,1-4H3. The van der Waals surface area contributed by atoms with E-state index >= 15 is 0 Å². The van der Waals surface area contributed by atoms with Crippen LogP contribution >= 0.6 is 0 Å². The highest BCUT2D eigenvalue weighted by Gasteiger charge is 2.24. The summed E-state index contributed by atoms with van der Waals surface area (Å²) in [5.74, 6) is 1.47. The van der Waals surface area contributed by atoms with Crippen molar-refractivity contribution in [2.75, 3.05) is 33.3 Å². The van der Waals surface area contributed by atoms with Crippen LogP contribution in [0, 0.1) is 11.8 Å². The number of likely N-dealkylation sites (N-methyl/N-ethyl adjacent to an activating group) is 1. The molecule has 0 aromatic rings. The van der Waals surface area contributed by atoms with Gasteiger partial charge in [-0.2, -0.15) is 0 Å². The number of carbonyl (C=O) groups is 1. The molecule has 1 fully saturated rings. The first kappa shape index (κ1) is 16.4. The Hall–Kier alpha value is -0.610. The second-order valence-corrected chi connectivity index (χ2v) is 5.83. The van der Waals surface area contributed by atoms with Gasteiger partial charge in [0.1, 0.15) is 6.04 Å². The zero-order valence-corrected chi connectivity index (χ0v) is 12.9. The van der Waals surface area contributed by atoms with Crippen molar-refractivity contribution >= 4 is 5.97 Å². The van der Waals surface area contributed by atoms with Gasteiger partial charge in [-0.15, -0.1) is 0 Å². The number of nitrogens with zero attached hydrogens (tertiary/aromatic N) is 1. The predicted octanol–water partition coefficient (Wildman–Crippen LogP) is 1.90. The molecule has 2 atom stereocenters. The maximum absolute atomic E-state index is 11.8. The van der Waals surface area contributed by atoms with E-state index in [9.17, 15) is 4.79 Å². The normalized spacial score (nSPS) is 23.1. The Labute approximate surface area is 117 Å². The molecule has 2 unspecified atom stereocenters. The van der Waals surface area contributed by atoms with Gasteiger partial charge in [0.15, 0.2) is 0 Å². The van der Waals surface area contributed by atoms with Crippen LogP contribution in [0.4, 0.5) is 0 Å². The van der Waals surface area contributed by atoms with Gasteiger partial charge in [0.2, 0.25) is 0 Å². The van der Waals surface area contributed by atoms with Crippen molar-refractivity contribution in [3.63, 3.8) is 0 Å². The molecule has 0 amide bonds. The molecule has 112 valence electrons. The number of esters is 1. The monoisotopic (exact) mass is 270 g/mol. The third-order valence-electron chi connectivity index (χ3n) is 4.17. The molecule has 0 aromatic carbocycles. The van der Waals surface area contributed by atoms with Crippen molar-refractivity contribution in [3.8, 4) is 0 Å². The number of nitrogens with one attached hydrogen (secondary N) is 1. The quantitative estimate of drug-likeness (QED) is 0.749. The van der Waals surface area contributed by atoms with Crippen molar-refractivity contribution in [1.82, 2.24) is 10.2 Å². The number of hydrogen-bond donors (Lipinski definition) is 1. The minimum atomic E-state index is -0.199. The SMILES string of the molecule is CCOC(=O)C(CN1CCCC(C(C)C)CC1)NC. The molecule has 0 aliphatic carbocycles. The van der Waals surface area contributed by atoms with Crippen LogP contribution in [-0.4, -0.2) is 50.2 Å². The summed E-state index contributed by atoms with van der Waals surface area (Å²) in [6.07, 6.45) is 3.80. The van der Waals surface area contributed by atoms with Gasteiger partial charge >= 0.3 is 5.97 Å². The number of carbonyl (C=O) groups excluding carboxylic acids is 1. The average Bonchev–Trinajstić information content (AvgIpc) is 2.61. The first-order valence-electron chi connectivity index (χ1n) is 7.64. The fourth-order valence-electron chi connectivity index (χ4n) is 2.82. The van der Waals surface area contributed by atoms with Crippen molar-refractivity contribution < 1.29 is 9.53 Å². The fraction of sp³-hybridized carbons (Fsp3) is 0.933. The van der Waals surface area contributed by atoms with Gasteiger partial charge in [-0.3, -0.25) is 4.79 Å². The summed E-state index contributed by atoms with van der Waals surface area (Å²) in [5, 5.41) is 3.07. The number of rotatable bonds is 6. The Morgan fingerprint density at radius 1 is 1.37 bits per heavy atom. The van der Waals surface area contributed by atoms with Gasteiger partial charge in [-0.1, -0.05) is 13.8 Å². The van der Waals surface area contributed by atoms with E-state index in [2.05, 4.69) is 24.1 Å². The van der Waals surface area contributed by atoms with Crippen molar-refractivity contribution in [3.05, 3.63) is 0 Å². The minimum absolute atomic E-state index is 0.130. The fourth-order valence-corrected chi connectivity index (χ4v) is 2.82. The third-order valence-corrected chi connectivity index (χ3v) is 4.17. The second kappa shape index (κ2) is 8.54. The van der Waals surface area contributed by atoms with E-state index in [0.29, 0.717) is 6.61 Å². The first-order chi connectivity index (χ1) is 9.08. The maximum Gasteiger partial charge on any atom is 0.324 e. The molecule has 1 aliphatic rings. The predicted molar refractivity (Wildman–Crippen MR) is 78.1 cm³/mol. The Bertz CT molecular complexity index is 269. The maximum atomic E-state index is 11.8. The molecule has 1 aliphatic heterocycles. The highest BCUT2D eigenvalue weighted by atomic mass is 16.5. The minimum Gasteiger partial charge on any atom is -0.465 e. The van der Waals surface area contributed by atoms with Crippen molar-refractivity contribution in [2.24, 2.45) is 11.8 Å². The van der Waals surface area contributed by atoms with Gasteiger partial charge in [0, 0.05) is 6.54 Å². The molecule has 4 heteroatoms. The summed E-state index contributed by atoms with van der Waals surface area (Å²) >= 11 is 0. The zero-order valence-electron chi connectivity index (χ0n) is 12.9. The molecule has 0 spiro atoms. The molecule has 1 N–H and O–H groups in total. The van der Waals surface area contributed by atoms with Gasteiger partial charge in [-0.05, 0) is 58.2 Å². The van der Waals surface area contributed by atoms with Crippen LogP contribution in [0.3, 0.4) is 0 Å². The molecule has 0 saturated carbocycles. The lowest BCUT2D eigenvalue weighted by atomic mass is 9.89. The average molecular weight is 270 g/mol. The Morgan fingerprint density at radius 3 is 2.68 bits per heavy atom. The number of ether oxygens (including phenoxy) is 1. The summed E-state index contributed by atoms with van der Waals surface area (Å²) in [7, 11) is 1.83. The zero-order chi connectivity index (χ0) is 14.3. The highest BCUT2D eigenvalue weighted by molar-refractivity contribution is 5.76. The molecular formula is C15H30N2O2. The van der Waals surface area contributed by atoms with Crippen LogP contribution in [-0.2, 0) is 9.53 Å². The van der Waals surface area contributed by atoms with Crippen LogP contribution in [0.5, 0.6) is 0 Å². The van der Waals surface area contributed by atoms with Gasteiger partial charge in [-0.25, -0.2) is 0 Å².